The average molecular weight is 267 g/mol. The van der Waals surface area contributed by atoms with E-state index in [-0.39, 0.29) is 5.91 Å². The number of pyridine rings is 1. The Labute approximate surface area is 113 Å². The summed E-state index contributed by atoms with van der Waals surface area (Å²) in [7, 11) is 3.27. The molecule has 0 fully saturated rings. The van der Waals surface area contributed by atoms with Gasteiger partial charge in [-0.25, -0.2) is 4.98 Å². The highest BCUT2D eigenvalue weighted by Crippen LogP contribution is 2.05. The van der Waals surface area contributed by atoms with E-state index < -0.39 is 0 Å². The standard InChI is InChI=1S/C13H21N3O3/c1-18-8-3-6-14-12-5-4-11(10-16-12)13(17)15-7-9-19-2/h4-5,10H,3,6-9H2,1-2H3,(H,14,16)(H,15,17). The summed E-state index contributed by atoms with van der Waals surface area (Å²) >= 11 is 0. The van der Waals surface area contributed by atoms with Crippen LogP contribution in [0.3, 0.4) is 0 Å². The molecule has 19 heavy (non-hydrogen) atoms. The first-order valence-corrected chi connectivity index (χ1v) is 6.24. The summed E-state index contributed by atoms with van der Waals surface area (Å²) in [5, 5.41) is 5.89. The lowest BCUT2D eigenvalue weighted by Crippen LogP contribution is -2.27. The van der Waals surface area contributed by atoms with Crippen LogP contribution in [-0.4, -0.2) is 51.4 Å². The smallest absolute Gasteiger partial charge is 0.252 e. The lowest BCUT2D eigenvalue weighted by molar-refractivity contribution is 0.0937. The fraction of sp³-hybridized carbons (Fsp3) is 0.538. The van der Waals surface area contributed by atoms with Crippen LogP contribution >= 0.6 is 0 Å². The molecule has 0 unspecified atom stereocenters. The predicted molar refractivity (Wildman–Crippen MR) is 73.4 cm³/mol. The number of rotatable bonds is 9. The Bertz CT molecular complexity index is 368. The van der Waals surface area contributed by atoms with Crippen LogP contribution in [0.25, 0.3) is 0 Å². The molecular formula is C13H21N3O3. The van der Waals surface area contributed by atoms with Gasteiger partial charge in [0, 0.05) is 40.1 Å². The van der Waals surface area contributed by atoms with Crippen LogP contribution in [-0.2, 0) is 9.47 Å². The van der Waals surface area contributed by atoms with E-state index in [9.17, 15) is 4.79 Å². The SMILES string of the molecule is COCCCNc1ccc(C(=O)NCCOC)cn1. The number of amides is 1. The van der Waals surface area contributed by atoms with Crippen LogP contribution in [0.2, 0.25) is 0 Å². The zero-order chi connectivity index (χ0) is 13.9. The molecule has 0 spiro atoms. The molecule has 0 atom stereocenters. The molecule has 0 aliphatic rings. The van der Waals surface area contributed by atoms with E-state index in [2.05, 4.69) is 15.6 Å². The Morgan fingerprint density at radius 1 is 1.21 bits per heavy atom. The van der Waals surface area contributed by atoms with Crippen LogP contribution < -0.4 is 10.6 Å². The summed E-state index contributed by atoms with van der Waals surface area (Å²) in [6.07, 6.45) is 2.47. The molecule has 6 nitrogen and oxygen atoms in total. The van der Waals surface area contributed by atoms with Crippen LogP contribution in [0.4, 0.5) is 5.82 Å². The zero-order valence-corrected chi connectivity index (χ0v) is 11.4. The maximum atomic E-state index is 11.7. The third-order valence-corrected chi connectivity index (χ3v) is 2.45. The van der Waals surface area contributed by atoms with Crippen LogP contribution in [0.1, 0.15) is 16.8 Å². The molecule has 1 aromatic rings. The number of hydrogen-bond acceptors (Lipinski definition) is 5. The highest BCUT2D eigenvalue weighted by Gasteiger charge is 2.04. The summed E-state index contributed by atoms with van der Waals surface area (Å²) in [6, 6.07) is 3.53. The van der Waals surface area contributed by atoms with Gasteiger partial charge in [-0.15, -0.1) is 0 Å². The lowest BCUT2D eigenvalue weighted by atomic mass is 10.2. The first kappa shape index (κ1) is 15.4. The molecule has 0 aliphatic carbocycles. The molecule has 1 heterocycles. The minimum Gasteiger partial charge on any atom is -0.385 e. The van der Waals surface area contributed by atoms with Gasteiger partial charge >= 0.3 is 0 Å². The molecule has 6 heteroatoms. The van der Waals surface area contributed by atoms with E-state index in [0.29, 0.717) is 25.3 Å². The van der Waals surface area contributed by atoms with E-state index in [1.54, 1.807) is 32.5 Å². The topological polar surface area (TPSA) is 72.5 Å². The van der Waals surface area contributed by atoms with Gasteiger partial charge in [0.25, 0.3) is 5.91 Å². The number of carbonyl (C=O) groups is 1. The number of nitrogens with one attached hydrogen (secondary N) is 2. The highest BCUT2D eigenvalue weighted by atomic mass is 16.5. The number of ether oxygens (including phenoxy) is 2. The number of nitrogens with zero attached hydrogens (tertiary/aromatic N) is 1. The normalized spacial score (nSPS) is 10.2. The molecule has 0 aromatic carbocycles. The van der Waals surface area contributed by atoms with E-state index in [4.69, 9.17) is 9.47 Å². The van der Waals surface area contributed by atoms with Gasteiger partial charge in [0.2, 0.25) is 0 Å². The van der Waals surface area contributed by atoms with Crippen molar-refractivity contribution in [3.63, 3.8) is 0 Å². The maximum absolute atomic E-state index is 11.7. The summed E-state index contributed by atoms with van der Waals surface area (Å²) < 4.78 is 9.81. The molecule has 0 saturated heterocycles. The fourth-order valence-electron chi connectivity index (χ4n) is 1.43. The zero-order valence-electron chi connectivity index (χ0n) is 11.4. The Hall–Kier alpha value is -1.66. The number of anilines is 1. The first-order valence-electron chi connectivity index (χ1n) is 6.24. The van der Waals surface area contributed by atoms with Gasteiger partial charge < -0.3 is 20.1 Å². The van der Waals surface area contributed by atoms with Gasteiger partial charge in [-0.3, -0.25) is 4.79 Å². The number of hydrogen-bond donors (Lipinski definition) is 2. The van der Waals surface area contributed by atoms with Crippen molar-refractivity contribution >= 4 is 11.7 Å². The van der Waals surface area contributed by atoms with Crippen LogP contribution in [0.5, 0.6) is 0 Å². The lowest BCUT2D eigenvalue weighted by Gasteiger charge is -2.07. The first-order chi connectivity index (χ1) is 9.27. The van der Waals surface area contributed by atoms with Crippen molar-refractivity contribution in [3.8, 4) is 0 Å². The molecule has 1 amide bonds. The fourth-order valence-corrected chi connectivity index (χ4v) is 1.43. The Balaban J connectivity index is 2.36. The van der Waals surface area contributed by atoms with E-state index in [1.807, 2.05) is 0 Å². The summed E-state index contributed by atoms with van der Waals surface area (Å²) in [5.74, 6) is 0.611. The number of aromatic nitrogens is 1. The molecule has 0 aliphatic heterocycles. The quantitative estimate of drug-likeness (QED) is 0.651. The minimum atomic E-state index is -0.143. The van der Waals surface area contributed by atoms with E-state index >= 15 is 0 Å². The summed E-state index contributed by atoms with van der Waals surface area (Å²) in [4.78, 5) is 15.9. The monoisotopic (exact) mass is 267 g/mol. The van der Waals surface area contributed by atoms with Crippen molar-refractivity contribution in [1.82, 2.24) is 10.3 Å². The molecular weight excluding hydrogens is 246 g/mol. The van der Waals surface area contributed by atoms with Gasteiger partial charge in [0.05, 0.1) is 12.2 Å². The molecule has 0 saturated carbocycles. The van der Waals surface area contributed by atoms with Crippen molar-refractivity contribution in [1.29, 1.82) is 0 Å². The van der Waals surface area contributed by atoms with E-state index in [1.165, 1.54) is 0 Å². The molecule has 2 N–H and O–H groups in total. The Morgan fingerprint density at radius 2 is 2.00 bits per heavy atom. The number of methoxy groups -OCH3 is 2. The van der Waals surface area contributed by atoms with Crippen LogP contribution in [0.15, 0.2) is 18.3 Å². The van der Waals surface area contributed by atoms with Gasteiger partial charge in [0.1, 0.15) is 5.82 Å². The van der Waals surface area contributed by atoms with Gasteiger partial charge in [-0.2, -0.15) is 0 Å². The average Bonchev–Trinajstić information content (AvgIpc) is 2.44. The van der Waals surface area contributed by atoms with Gasteiger partial charge in [-0.05, 0) is 18.6 Å². The largest absolute Gasteiger partial charge is 0.385 e. The van der Waals surface area contributed by atoms with Gasteiger partial charge in [-0.1, -0.05) is 0 Å². The number of carbonyl (C=O) groups excluding carboxylic acids is 1. The van der Waals surface area contributed by atoms with E-state index in [0.717, 1.165) is 18.8 Å². The second-order valence-corrected chi connectivity index (χ2v) is 3.95. The third kappa shape index (κ3) is 6.17. The third-order valence-electron chi connectivity index (χ3n) is 2.45. The Morgan fingerprint density at radius 3 is 2.63 bits per heavy atom. The Kier molecular flexibility index (Phi) is 7.53. The van der Waals surface area contributed by atoms with Crippen molar-refractivity contribution < 1.29 is 14.3 Å². The maximum Gasteiger partial charge on any atom is 0.252 e. The predicted octanol–water partition coefficient (Wildman–Crippen LogP) is 0.906. The summed E-state index contributed by atoms with van der Waals surface area (Å²) in [5.41, 5.74) is 0.540. The van der Waals surface area contributed by atoms with Crippen LogP contribution in [0, 0.1) is 0 Å². The second-order valence-electron chi connectivity index (χ2n) is 3.95. The molecule has 106 valence electrons. The second kappa shape index (κ2) is 9.29. The van der Waals surface area contributed by atoms with Crippen molar-refractivity contribution in [2.75, 3.05) is 45.8 Å². The highest BCUT2D eigenvalue weighted by molar-refractivity contribution is 5.94. The van der Waals surface area contributed by atoms with Crippen molar-refractivity contribution in [2.45, 2.75) is 6.42 Å². The minimum absolute atomic E-state index is 0.143. The van der Waals surface area contributed by atoms with Crippen molar-refractivity contribution in [2.24, 2.45) is 0 Å². The van der Waals surface area contributed by atoms with Gasteiger partial charge in [0.15, 0.2) is 0 Å². The molecule has 1 aromatic heterocycles. The molecule has 0 radical (unpaired) electrons. The molecule has 1 rings (SSSR count). The van der Waals surface area contributed by atoms with Crippen molar-refractivity contribution in [3.05, 3.63) is 23.9 Å². The molecule has 0 bridgehead atoms. The summed E-state index contributed by atoms with van der Waals surface area (Å²) in [6.45, 7) is 2.50.